The molecule has 0 heterocycles. The van der Waals surface area contributed by atoms with Crippen molar-refractivity contribution in [1.82, 2.24) is 6.15 Å². The van der Waals surface area contributed by atoms with Crippen LogP contribution in [0.25, 0.3) is 0 Å². The summed E-state index contributed by atoms with van der Waals surface area (Å²) in [7, 11) is 1.61. The molecule has 3 N–H and O–H groups in total. The number of methoxy groups -OCH3 is 1. The number of ether oxygens (including phenoxy) is 2. The van der Waals surface area contributed by atoms with Gasteiger partial charge in [0.05, 0.1) is 19.8 Å². The van der Waals surface area contributed by atoms with Crippen LogP contribution in [0.1, 0.15) is 6.42 Å². The van der Waals surface area contributed by atoms with Gasteiger partial charge in [-0.25, -0.2) is 0 Å². The highest BCUT2D eigenvalue weighted by molar-refractivity contribution is 5.49. The van der Waals surface area contributed by atoms with Gasteiger partial charge in [-0.1, -0.05) is 0 Å². The number of hydrogen-bond donors (Lipinski definition) is 1. The maximum absolute atomic E-state index is 9.73. The fourth-order valence-corrected chi connectivity index (χ4v) is 0.376. The van der Waals surface area contributed by atoms with E-state index in [9.17, 15) is 4.79 Å². The van der Waals surface area contributed by atoms with E-state index in [0.29, 0.717) is 26.2 Å². The third kappa shape index (κ3) is 10.5. The van der Waals surface area contributed by atoms with Crippen LogP contribution in [0.2, 0.25) is 0 Å². The van der Waals surface area contributed by atoms with Gasteiger partial charge in [-0.15, -0.1) is 0 Å². The van der Waals surface area contributed by atoms with Crippen LogP contribution in [-0.4, -0.2) is 33.2 Å². The molecule has 0 aromatic carbocycles. The lowest BCUT2D eigenvalue weighted by atomic mass is 10.5. The minimum Gasteiger partial charge on any atom is -0.382 e. The Bertz CT molecular complexity index is 68.0. The van der Waals surface area contributed by atoms with Gasteiger partial charge < -0.3 is 20.4 Å². The maximum Gasteiger partial charge on any atom is 0.122 e. The molecule has 0 rings (SSSR count). The standard InChI is InChI=1S/C6H12O3.H3N/c1-8-5-6-9-4-2-3-7;/h3H,2,4-6H2,1H3;1H3. The fraction of sp³-hybridized carbons (Fsp3) is 0.833. The molecule has 0 aliphatic carbocycles. The Kier molecular flexibility index (Phi) is 13.9. The summed E-state index contributed by atoms with van der Waals surface area (Å²) < 4.78 is 9.67. The van der Waals surface area contributed by atoms with Crippen molar-refractivity contribution in [2.75, 3.05) is 26.9 Å². The molecule has 0 atom stereocenters. The van der Waals surface area contributed by atoms with E-state index < -0.39 is 0 Å². The number of carbonyl (C=O) groups excluding carboxylic acids is 1. The van der Waals surface area contributed by atoms with Crippen LogP contribution in [0.4, 0.5) is 0 Å². The lowest BCUT2D eigenvalue weighted by Gasteiger charge is -1.98. The summed E-state index contributed by atoms with van der Waals surface area (Å²) >= 11 is 0. The van der Waals surface area contributed by atoms with Gasteiger partial charge >= 0.3 is 0 Å². The Morgan fingerprint density at radius 3 is 2.50 bits per heavy atom. The second-order valence-electron chi connectivity index (χ2n) is 1.56. The molecule has 0 aromatic heterocycles. The average molecular weight is 149 g/mol. The molecule has 4 heteroatoms. The van der Waals surface area contributed by atoms with Gasteiger partial charge in [0.1, 0.15) is 6.29 Å². The van der Waals surface area contributed by atoms with E-state index in [2.05, 4.69) is 0 Å². The zero-order valence-electron chi connectivity index (χ0n) is 6.34. The lowest BCUT2D eigenvalue weighted by molar-refractivity contribution is -0.108. The normalized spacial score (nSPS) is 8.50. The lowest BCUT2D eigenvalue weighted by Crippen LogP contribution is -2.02. The predicted octanol–water partition coefficient (Wildman–Crippen LogP) is 0.400. The Balaban J connectivity index is 0. The number of rotatable bonds is 6. The first-order valence-corrected chi connectivity index (χ1v) is 2.92. The van der Waals surface area contributed by atoms with E-state index in [1.54, 1.807) is 7.11 Å². The third-order valence-electron chi connectivity index (χ3n) is 0.812. The minimum absolute atomic E-state index is 0. The van der Waals surface area contributed by atoms with Gasteiger partial charge in [0.15, 0.2) is 0 Å². The molecule has 0 aromatic rings. The number of aldehydes is 1. The summed E-state index contributed by atoms with van der Waals surface area (Å²) in [4.78, 5) is 9.73. The summed E-state index contributed by atoms with van der Waals surface area (Å²) in [6, 6.07) is 0. The van der Waals surface area contributed by atoms with Crippen molar-refractivity contribution >= 4 is 6.29 Å². The molecule has 0 saturated heterocycles. The second-order valence-corrected chi connectivity index (χ2v) is 1.56. The molecule has 0 aliphatic heterocycles. The van der Waals surface area contributed by atoms with E-state index in [0.717, 1.165) is 6.29 Å². The van der Waals surface area contributed by atoms with E-state index in [1.807, 2.05) is 0 Å². The fourth-order valence-electron chi connectivity index (χ4n) is 0.376. The van der Waals surface area contributed by atoms with Gasteiger partial charge in [-0.3, -0.25) is 0 Å². The van der Waals surface area contributed by atoms with Crippen LogP contribution >= 0.6 is 0 Å². The van der Waals surface area contributed by atoms with E-state index in [4.69, 9.17) is 9.47 Å². The molecule has 0 aliphatic rings. The van der Waals surface area contributed by atoms with Crippen molar-refractivity contribution in [2.45, 2.75) is 6.42 Å². The van der Waals surface area contributed by atoms with Crippen molar-refractivity contribution in [2.24, 2.45) is 0 Å². The first-order chi connectivity index (χ1) is 4.41. The van der Waals surface area contributed by atoms with Gasteiger partial charge in [0.2, 0.25) is 0 Å². The van der Waals surface area contributed by atoms with E-state index in [-0.39, 0.29) is 6.15 Å². The summed E-state index contributed by atoms with van der Waals surface area (Å²) in [5.74, 6) is 0. The van der Waals surface area contributed by atoms with Crippen LogP contribution in [0, 0.1) is 0 Å². The predicted molar refractivity (Wildman–Crippen MR) is 38.4 cm³/mol. The molecule has 0 unspecified atom stereocenters. The highest BCUT2D eigenvalue weighted by Gasteiger charge is 1.84. The van der Waals surface area contributed by atoms with Crippen molar-refractivity contribution in [3.63, 3.8) is 0 Å². The molecule has 0 amide bonds. The van der Waals surface area contributed by atoms with Gasteiger partial charge in [-0.2, -0.15) is 0 Å². The highest BCUT2D eigenvalue weighted by atomic mass is 16.5. The first kappa shape index (κ1) is 12.2. The minimum atomic E-state index is 0. The summed E-state index contributed by atoms with van der Waals surface area (Å²) in [5, 5.41) is 0. The van der Waals surface area contributed by atoms with Crippen molar-refractivity contribution in [1.29, 1.82) is 0 Å². The molecule has 0 spiro atoms. The van der Waals surface area contributed by atoms with Crippen LogP contribution in [0.3, 0.4) is 0 Å². The van der Waals surface area contributed by atoms with Gasteiger partial charge in [0, 0.05) is 13.5 Å². The Morgan fingerprint density at radius 1 is 1.30 bits per heavy atom. The van der Waals surface area contributed by atoms with E-state index in [1.165, 1.54) is 0 Å². The average Bonchev–Trinajstić information content (AvgIpc) is 1.89. The molecule has 10 heavy (non-hydrogen) atoms. The largest absolute Gasteiger partial charge is 0.382 e. The van der Waals surface area contributed by atoms with Crippen LogP contribution in [-0.2, 0) is 14.3 Å². The third-order valence-corrected chi connectivity index (χ3v) is 0.812. The summed E-state index contributed by atoms with van der Waals surface area (Å²) in [5.41, 5.74) is 0. The quantitative estimate of drug-likeness (QED) is 0.438. The van der Waals surface area contributed by atoms with Crippen molar-refractivity contribution < 1.29 is 14.3 Å². The molecule has 0 radical (unpaired) electrons. The summed E-state index contributed by atoms with van der Waals surface area (Å²) in [6.07, 6.45) is 1.32. The molecule has 0 fully saturated rings. The zero-order valence-corrected chi connectivity index (χ0v) is 6.34. The topological polar surface area (TPSA) is 70.5 Å². The molecular formula is C6H15NO3. The molecular weight excluding hydrogens is 134 g/mol. The van der Waals surface area contributed by atoms with Gasteiger partial charge in [-0.05, 0) is 0 Å². The number of hydrogen-bond acceptors (Lipinski definition) is 4. The molecule has 62 valence electrons. The Labute approximate surface area is 61.1 Å². The maximum atomic E-state index is 9.73. The Hall–Kier alpha value is -0.450. The van der Waals surface area contributed by atoms with Crippen LogP contribution < -0.4 is 6.15 Å². The van der Waals surface area contributed by atoms with Crippen LogP contribution in [0.15, 0.2) is 0 Å². The number of carbonyl (C=O) groups is 1. The SMILES string of the molecule is COCCOCCC=O.N. The molecule has 0 bridgehead atoms. The first-order valence-electron chi connectivity index (χ1n) is 2.92. The smallest absolute Gasteiger partial charge is 0.122 e. The second kappa shape index (κ2) is 11.4. The van der Waals surface area contributed by atoms with E-state index >= 15 is 0 Å². The monoisotopic (exact) mass is 149 g/mol. The van der Waals surface area contributed by atoms with Gasteiger partial charge in [0.25, 0.3) is 0 Å². The Morgan fingerprint density at radius 2 is 2.00 bits per heavy atom. The van der Waals surface area contributed by atoms with Crippen molar-refractivity contribution in [3.8, 4) is 0 Å². The highest BCUT2D eigenvalue weighted by Crippen LogP contribution is 1.77. The van der Waals surface area contributed by atoms with Crippen LogP contribution in [0.5, 0.6) is 0 Å². The summed E-state index contributed by atoms with van der Waals surface area (Å²) in [6.45, 7) is 1.68. The molecule has 4 nitrogen and oxygen atoms in total. The zero-order chi connectivity index (χ0) is 6.95. The molecule has 0 saturated carbocycles. The van der Waals surface area contributed by atoms with Crippen molar-refractivity contribution in [3.05, 3.63) is 0 Å².